The molecule has 0 spiro atoms. The van der Waals surface area contributed by atoms with E-state index >= 15 is 0 Å². The molecular weight excluding hydrogens is 342 g/mol. The number of carbonyl (C=O) groups is 2. The molecule has 0 aliphatic carbocycles. The Balaban J connectivity index is 2.31. The molecule has 0 unspecified atom stereocenters. The van der Waals surface area contributed by atoms with E-state index in [9.17, 15) is 9.59 Å². The summed E-state index contributed by atoms with van der Waals surface area (Å²) < 4.78 is 12.7. The highest BCUT2D eigenvalue weighted by molar-refractivity contribution is 6.09. The Kier molecular flexibility index (Phi) is 5.60. The lowest BCUT2D eigenvalue weighted by atomic mass is 9.97. The number of carbonyl (C=O) groups excluding carboxylic acids is 2. The maximum atomic E-state index is 12.7. The highest BCUT2D eigenvalue weighted by Gasteiger charge is 2.25. The molecule has 5 nitrogen and oxygen atoms in total. The van der Waals surface area contributed by atoms with Crippen molar-refractivity contribution in [3.63, 3.8) is 0 Å². The summed E-state index contributed by atoms with van der Waals surface area (Å²) in [5, 5.41) is 0. The molecule has 2 heterocycles. The van der Waals surface area contributed by atoms with Gasteiger partial charge in [0.15, 0.2) is 6.29 Å². The third-order valence-electron chi connectivity index (χ3n) is 4.50. The number of nitrogens with zero attached hydrogens (tertiary/aromatic N) is 1. The Labute approximate surface area is 158 Å². The molecule has 0 aliphatic heterocycles. The first-order valence-electron chi connectivity index (χ1n) is 9.17. The van der Waals surface area contributed by atoms with Crippen molar-refractivity contribution in [2.45, 2.75) is 27.2 Å². The molecule has 27 heavy (non-hydrogen) atoms. The fourth-order valence-electron chi connectivity index (χ4n) is 3.36. The van der Waals surface area contributed by atoms with Crippen LogP contribution in [0.25, 0.3) is 16.6 Å². The van der Waals surface area contributed by atoms with Crippen LogP contribution in [0.15, 0.2) is 42.6 Å². The van der Waals surface area contributed by atoms with Crippen molar-refractivity contribution in [1.82, 2.24) is 4.40 Å². The summed E-state index contributed by atoms with van der Waals surface area (Å²) >= 11 is 0. The minimum atomic E-state index is -0.434. The van der Waals surface area contributed by atoms with E-state index in [-0.39, 0.29) is 6.61 Å². The van der Waals surface area contributed by atoms with E-state index < -0.39 is 5.97 Å². The van der Waals surface area contributed by atoms with E-state index in [4.69, 9.17) is 9.47 Å². The van der Waals surface area contributed by atoms with Crippen molar-refractivity contribution >= 4 is 17.8 Å². The standard InChI is InChI=1S/C22H23NO4/c1-4-15-13-16(10-11-19(15)26-5-2)20-18(14-24)23-12-8-7-9-17(23)21(20)22(25)27-6-3/h7-14H,4-6H2,1-3H3. The van der Waals surface area contributed by atoms with Crippen molar-refractivity contribution in [2.75, 3.05) is 13.2 Å². The van der Waals surface area contributed by atoms with Gasteiger partial charge in [-0.05, 0) is 55.7 Å². The van der Waals surface area contributed by atoms with Crippen LogP contribution < -0.4 is 4.74 Å². The molecule has 2 aromatic heterocycles. The fraction of sp³-hybridized carbons (Fsp3) is 0.273. The SMILES string of the molecule is CCOC(=O)c1c(-c2ccc(OCC)c(CC)c2)c(C=O)n2ccccc12. The van der Waals surface area contributed by atoms with E-state index in [2.05, 4.69) is 0 Å². The number of aromatic nitrogens is 1. The maximum absolute atomic E-state index is 12.7. The molecule has 3 rings (SSSR count). The number of ether oxygens (including phenoxy) is 2. The third-order valence-corrected chi connectivity index (χ3v) is 4.50. The summed E-state index contributed by atoms with van der Waals surface area (Å²) in [4.78, 5) is 24.7. The summed E-state index contributed by atoms with van der Waals surface area (Å²) in [6.45, 7) is 6.60. The second-order valence-corrected chi connectivity index (χ2v) is 6.04. The van der Waals surface area contributed by atoms with Crippen LogP contribution in [0.1, 0.15) is 47.2 Å². The van der Waals surface area contributed by atoms with Crippen molar-refractivity contribution in [3.05, 3.63) is 59.4 Å². The van der Waals surface area contributed by atoms with Crippen LogP contribution in [0.2, 0.25) is 0 Å². The number of benzene rings is 1. The zero-order chi connectivity index (χ0) is 19.4. The molecule has 140 valence electrons. The number of aryl methyl sites for hydroxylation is 1. The quantitative estimate of drug-likeness (QED) is 0.455. The molecule has 1 aromatic carbocycles. The first-order valence-corrected chi connectivity index (χ1v) is 9.17. The number of aldehydes is 1. The molecule has 0 saturated carbocycles. The van der Waals surface area contributed by atoms with Crippen LogP contribution in [-0.2, 0) is 11.2 Å². The molecule has 0 radical (unpaired) electrons. The van der Waals surface area contributed by atoms with Gasteiger partial charge in [-0.1, -0.05) is 19.1 Å². The molecule has 3 aromatic rings. The number of hydrogen-bond donors (Lipinski definition) is 0. The van der Waals surface area contributed by atoms with Crippen LogP contribution in [0, 0.1) is 0 Å². The lowest BCUT2D eigenvalue weighted by Gasteiger charge is -2.12. The monoisotopic (exact) mass is 365 g/mol. The van der Waals surface area contributed by atoms with Gasteiger partial charge in [0.25, 0.3) is 0 Å². The van der Waals surface area contributed by atoms with Gasteiger partial charge >= 0.3 is 5.97 Å². The third kappa shape index (κ3) is 3.33. The average Bonchev–Trinajstić information content (AvgIpc) is 3.03. The van der Waals surface area contributed by atoms with Gasteiger partial charge < -0.3 is 13.9 Å². The van der Waals surface area contributed by atoms with Gasteiger partial charge in [0.05, 0.1) is 30.0 Å². The maximum Gasteiger partial charge on any atom is 0.340 e. The lowest BCUT2D eigenvalue weighted by molar-refractivity contribution is 0.0529. The smallest absolute Gasteiger partial charge is 0.340 e. The normalized spacial score (nSPS) is 10.8. The minimum Gasteiger partial charge on any atom is -0.494 e. The predicted molar refractivity (Wildman–Crippen MR) is 105 cm³/mol. The first kappa shape index (κ1) is 18.7. The van der Waals surface area contributed by atoms with Crippen LogP contribution in [-0.4, -0.2) is 29.9 Å². The van der Waals surface area contributed by atoms with Crippen LogP contribution in [0.3, 0.4) is 0 Å². The van der Waals surface area contributed by atoms with Gasteiger partial charge in [0, 0.05) is 11.8 Å². The number of esters is 1. The second-order valence-electron chi connectivity index (χ2n) is 6.04. The largest absolute Gasteiger partial charge is 0.494 e. The topological polar surface area (TPSA) is 57.0 Å². The minimum absolute atomic E-state index is 0.266. The summed E-state index contributed by atoms with van der Waals surface area (Å²) in [6, 6.07) is 11.2. The Morgan fingerprint density at radius 2 is 1.93 bits per heavy atom. The van der Waals surface area contributed by atoms with E-state index in [0.29, 0.717) is 28.9 Å². The van der Waals surface area contributed by atoms with E-state index in [1.165, 1.54) is 0 Å². The Morgan fingerprint density at radius 3 is 2.59 bits per heavy atom. The second kappa shape index (κ2) is 8.08. The van der Waals surface area contributed by atoms with E-state index in [1.807, 2.05) is 50.2 Å². The van der Waals surface area contributed by atoms with E-state index in [0.717, 1.165) is 29.6 Å². The number of fused-ring (bicyclic) bond motifs is 1. The molecule has 5 heteroatoms. The van der Waals surface area contributed by atoms with Gasteiger partial charge in [-0.15, -0.1) is 0 Å². The molecule has 0 aliphatic rings. The van der Waals surface area contributed by atoms with Gasteiger partial charge in [-0.3, -0.25) is 4.79 Å². The molecule has 0 atom stereocenters. The van der Waals surface area contributed by atoms with Crippen molar-refractivity contribution in [2.24, 2.45) is 0 Å². The Bertz CT molecular complexity index is 987. The predicted octanol–water partition coefficient (Wildman–Crippen LogP) is 4.56. The van der Waals surface area contributed by atoms with Gasteiger partial charge in [-0.25, -0.2) is 4.79 Å². The highest BCUT2D eigenvalue weighted by Crippen LogP contribution is 2.35. The molecule has 0 saturated heterocycles. The molecule has 0 fully saturated rings. The van der Waals surface area contributed by atoms with Crippen LogP contribution >= 0.6 is 0 Å². The highest BCUT2D eigenvalue weighted by atomic mass is 16.5. The van der Waals surface area contributed by atoms with Gasteiger partial charge in [0.1, 0.15) is 5.75 Å². The zero-order valence-corrected chi connectivity index (χ0v) is 15.8. The number of rotatable bonds is 7. The Hall–Kier alpha value is -3.08. The summed E-state index contributed by atoms with van der Waals surface area (Å²) in [5.41, 5.74) is 3.90. The summed E-state index contributed by atoms with van der Waals surface area (Å²) in [6.07, 6.45) is 3.34. The molecule has 0 bridgehead atoms. The number of hydrogen-bond acceptors (Lipinski definition) is 4. The van der Waals surface area contributed by atoms with Crippen molar-refractivity contribution in [3.8, 4) is 16.9 Å². The molecule has 0 N–H and O–H groups in total. The summed E-state index contributed by atoms with van der Waals surface area (Å²) in [7, 11) is 0. The van der Waals surface area contributed by atoms with Crippen LogP contribution in [0.5, 0.6) is 5.75 Å². The number of pyridine rings is 1. The van der Waals surface area contributed by atoms with Crippen LogP contribution in [0.4, 0.5) is 0 Å². The molecular formula is C22H23NO4. The zero-order valence-electron chi connectivity index (χ0n) is 15.8. The van der Waals surface area contributed by atoms with Gasteiger partial charge in [-0.2, -0.15) is 0 Å². The van der Waals surface area contributed by atoms with E-state index in [1.54, 1.807) is 17.5 Å². The lowest BCUT2D eigenvalue weighted by Crippen LogP contribution is -2.06. The van der Waals surface area contributed by atoms with Crippen molar-refractivity contribution < 1.29 is 19.1 Å². The Morgan fingerprint density at radius 1 is 1.11 bits per heavy atom. The van der Waals surface area contributed by atoms with Gasteiger partial charge in [0.2, 0.25) is 0 Å². The average molecular weight is 365 g/mol. The molecule has 0 amide bonds. The first-order chi connectivity index (χ1) is 13.2. The summed E-state index contributed by atoms with van der Waals surface area (Å²) in [5.74, 6) is 0.383. The van der Waals surface area contributed by atoms with Crippen molar-refractivity contribution in [1.29, 1.82) is 0 Å². The fourth-order valence-corrected chi connectivity index (χ4v) is 3.36.